The van der Waals surface area contributed by atoms with E-state index in [1.807, 2.05) is 66.9 Å². The number of rotatable bonds is 3. The Hall–Kier alpha value is 0.480. The molecule has 0 fully saturated rings. The van der Waals surface area contributed by atoms with Crippen molar-refractivity contribution in [1.29, 1.82) is 0 Å². The molecule has 2 aromatic rings. The molecule has 22 heavy (non-hydrogen) atoms. The first-order chi connectivity index (χ1) is 9.89. The summed E-state index contributed by atoms with van der Waals surface area (Å²) in [5.74, 6) is 0. The fourth-order valence-corrected chi connectivity index (χ4v) is 1.20. The van der Waals surface area contributed by atoms with Gasteiger partial charge in [0.2, 0.25) is 0 Å². The van der Waals surface area contributed by atoms with Crippen molar-refractivity contribution in [3.63, 3.8) is 0 Å². The second-order valence-corrected chi connectivity index (χ2v) is 11.8. The van der Waals surface area contributed by atoms with Gasteiger partial charge in [0, 0.05) is 6.21 Å². The molecule has 0 heterocycles. The SMILES string of the molecule is C(=Nc1ccccc1)c1ccccc1.O=S(=O)([O-])C(I)I.[Na+]. The van der Waals surface area contributed by atoms with Gasteiger partial charge in [-0.25, -0.2) is 8.42 Å². The van der Waals surface area contributed by atoms with Gasteiger partial charge in [0.15, 0.2) is 1.26 Å². The number of aliphatic imine (C=N–C) groups is 1. The van der Waals surface area contributed by atoms with Crippen LogP contribution in [-0.2, 0) is 10.1 Å². The van der Waals surface area contributed by atoms with Gasteiger partial charge in [-0.1, -0.05) is 93.7 Å². The Morgan fingerprint density at radius 2 is 1.36 bits per heavy atom. The number of alkyl halides is 2. The molecule has 0 aliphatic carbocycles. The zero-order valence-corrected chi connectivity index (χ0v) is 18.9. The van der Waals surface area contributed by atoms with Crippen LogP contribution in [0.25, 0.3) is 0 Å². The first kappa shape index (κ1) is 22.5. The molecule has 0 aromatic heterocycles. The van der Waals surface area contributed by atoms with Gasteiger partial charge in [-0.05, 0) is 17.7 Å². The third-order valence-electron chi connectivity index (χ3n) is 2.14. The average Bonchev–Trinajstić information content (AvgIpc) is 2.47. The van der Waals surface area contributed by atoms with E-state index in [1.165, 1.54) is 45.2 Å². The van der Waals surface area contributed by atoms with E-state index >= 15 is 0 Å². The normalized spacial score (nSPS) is 10.7. The summed E-state index contributed by atoms with van der Waals surface area (Å²) in [7, 11) is -4.02. The van der Waals surface area contributed by atoms with Crippen LogP contribution in [0.5, 0.6) is 0 Å². The van der Waals surface area contributed by atoms with Gasteiger partial charge in [-0.2, -0.15) is 0 Å². The van der Waals surface area contributed by atoms with Crippen LogP contribution in [0.15, 0.2) is 65.7 Å². The topological polar surface area (TPSA) is 69.6 Å². The van der Waals surface area contributed by atoms with Crippen LogP contribution in [0, 0.1) is 0 Å². The fourth-order valence-electron chi connectivity index (χ4n) is 1.20. The molecule has 0 unspecified atom stereocenters. The number of hydrogen-bond acceptors (Lipinski definition) is 4. The van der Waals surface area contributed by atoms with Crippen molar-refractivity contribution in [3.05, 3.63) is 66.2 Å². The summed E-state index contributed by atoms with van der Waals surface area (Å²) in [6.07, 6.45) is 1.87. The molecule has 0 saturated heterocycles. The predicted octanol–water partition coefficient (Wildman–Crippen LogP) is 1.13. The predicted molar refractivity (Wildman–Crippen MR) is 102 cm³/mol. The zero-order chi connectivity index (χ0) is 15.7. The number of hydrogen-bond donors (Lipinski definition) is 0. The maximum atomic E-state index is 9.76. The van der Waals surface area contributed by atoms with Crippen LogP contribution in [0.2, 0.25) is 0 Å². The van der Waals surface area contributed by atoms with Crippen molar-refractivity contribution >= 4 is 67.2 Å². The Labute approximate surface area is 180 Å². The summed E-state index contributed by atoms with van der Waals surface area (Å²) in [6, 6.07) is 20.0. The molecular formula is C14H12I2NNaO3S. The summed E-state index contributed by atoms with van der Waals surface area (Å²) in [5, 5.41) is 0. The number of halogens is 2. The van der Waals surface area contributed by atoms with Crippen LogP contribution in [0.4, 0.5) is 5.69 Å². The van der Waals surface area contributed by atoms with E-state index in [2.05, 4.69) is 4.99 Å². The molecule has 0 radical (unpaired) electrons. The molecule has 0 aliphatic rings. The van der Waals surface area contributed by atoms with Gasteiger partial charge in [-0.3, -0.25) is 4.99 Å². The maximum Gasteiger partial charge on any atom is 1.00 e. The molecule has 4 nitrogen and oxygen atoms in total. The second kappa shape index (κ2) is 11.9. The van der Waals surface area contributed by atoms with Crippen molar-refractivity contribution in [2.24, 2.45) is 4.99 Å². The van der Waals surface area contributed by atoms with Crippen molar-refractivity contribution in [2.75, 3.05) is 0 Å². The average molecular weight is 551 g/mol. The zero-order valence-electron chi connectivity index (χ0n) is 11.8. The molecule has 0 atom stereocenters. The molecule has 0 aliphatic heterocycles. The number of para-hydroxylation sites is 1. The summed E-state index contributed by atoms with van der Waals surface area (Å²) in [5.41, 5.74) is 2.10. The Morgan fingerprint density at radius 3 is 1.77 bits per heavy atom. The first-order valence-electron chi connectivity index (χ1n) is 5.76. The van der Waals surface area contributed by atoms with Crippen molar-refractivity contribution in [3.8, 4) is 0 Å². The molecule has 2 aromatic carbocycles. The van der Waals surface area contributed by atoms with E-state index in [0.29, 0.717) is 0 Å². The van der Waals surface area contributed by atoms with Crippen LogP contribution in [-0.4, -0.2) is 20.4 Å². The van der Waals surface area contributed by atoms with E-state index in [0.717, 1.165) is 11.3 Å². The Balaban J connectivity index is 0.000000478. The van der Waals surface area contributed by atoms with Crippen molar-refractivity contribution < 1.29 is 42.5 Å². The second-order valence-electron chi connectivity index (χ2n) is 3.76. The van der Waals surface area contributed by atoms with E-state index in [-0.39, 0.29) is 29.6 Å². The van der Waals surface area contributed by atoms with Crippen LogP contribution < -0.4 is 29.6 Å². The molecule has 112 valence electrons. The van der Waals surface area contributed by atoms with Gasteiger partial charge in [0.25, 0.3) is 0 Å². The maximum absolute atomic E-state index is 9.76. The quantitative estimate of drug-likeness (QED) is 0.189. The number of benzene rings is 2. The Bertz CT molecular complexity index is 624. The molecule has 0 amide bonds. The van der Waals surface area contributed by atoms with E-state index in [4.69, 9.17) is 0 Å². The van der Waals surface area contributed by atoms with Gasteiger partial charge in [-0.15, -0.1) is 0 Å². The molecule has 2 rings (SSSR count). The van der Waals surface area contributed by atoms with Gasteiger partial charge in [0.05, 0.1) is 5.69 Å². The molecule has 0 bridgehead atoms. The summed E-state index contributed by atoms with van der Waals surface area (Å²) < 4.78 is 28.4. The molecule has 0 spiro atoms. The first-order valence-corrected chi connectivity index (χ1v) is 9.73. The fraction of sp³-hybridized carbons (Fsp3) is 0.0714. The Morgan fingerprint density at radius 1 is 0.955 bits per heavy atom. The van der Waals surface area contributed by atoms with Crippen molar-refractivity contribution in [1.82, 2.24) is 0 Å². The molecule has 8 heteroatoms. The smallest absolute Gasteiger partial charge is 0.747 e. The van der Waals surface area contributed by atoms with Gasteiger partial charge < -0.3 is 4.55 Å². The standard InChI is InChI=1S/C13H11N.CH2I2O3S.Na/c1-3-7-12(8-4-1)11-14-13-9-5-2-6-10-13;2-1(3)7(4,5)6;/h1-11H;1H,(H,4,5,6);/q;;+1/p-1. The van der Waals surface area contributed by atoms with Crippen molar-refractivity contribution in [2.45, 2.75) is 1.26 Å². The largest absolute Gasteiger partial charge is 1.00 e. The Kier molecular flexibility index (Phi) is 12.2. The minimum Gasteiger partial charge on any atom is -0.747 e. The summed E-state index contributed by atoms with van der Waals surface area (Å²) in [4.78, 5) is 4.35. The number of nitrogens with zero attached hydrogens (tertiary/aromatic N) is 1. The van der Waals surface area contributed by atoms with Gasteiger partial charge >= 0.3 is 29.6 Å². The third kappa shape index (κ3) is 10.3. The van der Waals surface area contributed by atoms with E-state index in [1.54, 1.807) is 0 Å². The van der Waals surface area contributed by atoms with E-state index < -0.39 is 11.4 Å². The van der Waals surface area contributed by atoms with Crippen LogP contribution in [0.3, 0.4) is 0 Å². The molecule has 0 N–H and O–H groups in total. The summed E-state index contributed by atoms with van der Waals surface area (Å²) >= 11 is 3.07. The minimum atomic E-state index is -4.02. The molecule has 0 saturated carbocycles. The van der Waals surface area contributed by atoms with Crippen LogP contribution in [0.1, 0.15) is 5.56 Å². The van der Waals surface area contributed by atoms with E-state index in [9.17, 15) is 13.0 Å². The third-order valence-corrected chi connectivity index (χ3v) is 6.31. The van der Waals surface area contributed by atoms with Crippen LogP contribution >= 0.6 is 45.2 Å². The van der Waals surface area contributed by atoms with Gasteiger partial charge in [0.1, 0.15) is 10.1 Å². The summed E-state index contributed by atoms with van der Waals surface area (Å²) in [6.45, 7) is 0. The monoisotopic (exact) mass is 551 g/mol. The minimum absolute atomic E-state index is 0. The molecular weight excluding hydrogens is 539 g/mol.